The molecule has 57 heavy (non-hydrogen) atoms. The molecule has 6 heterocycles. The second-order valence-corrected chi connectivity index (χ2v) is 12.3. The number of pyridine rings is 2. The number of halogens is 10. The van der Waals surface area contributed by atoms with Crippen molar-refractivity contribution in [3.8, 4) is 23.0 Å². The van der Waals surface area contributed by atoms with Gasteiger partial charge in [0.2, 0.25) is 0 Å². The van der Waals surface area contributed by atoms with Gasteiger partial charge in [-0.05, 0) is 84.9 Å². The van der Waals surface area contributed by atoms with Crippen LogP contribution in [0.5, 0.6) is 0 Å². The fourth-order valence-corrected chi connectivity index (χ4v) is 5.60. The molecule has 0 atom stereocenters. The number of rotatable bonds is 6. The molecule has 8 rings (SSSR count). The molecule has 8 aromatic rings. The number of nitrogens with one attached hydrogen (secondary N) is 2. The Balaban J connectivity index is 0.000000175. The molecular formula is C37H22ClF9N10. The highest BCUT2D eigenvalue weighted by atomic mass is 35.5. The number of hydrogen-bond acceptors (Lipinski definition) is 8. The second kappa shape index (κ2) is 15.1. The second-order valence-electron chi connectivity index (χ2n) is 11.8. The van der Waals surface area contributed by atoms with E-state index in [1.165, 1.54) is 63.9 Å². The summed E-state index contributed by atoms with van der Waals surface area (Å²) in [5, 5.41) is 6.35. The van der Waals surface area contributed by atoms with E-state index in [-0.39, 0.29) is 45.8 Å². The Morgan fingerprint density at radius 1 is 0.474 bits per heavy atom. The zero-order valence-corrected chi connectivity index (χ0v) is 29.2. The maximum Gasteiger partial charge on any atom is 0.435 e. The molecule has 0 radical (unpaired) electrons. The van der Waals surface area contributed by atoms with Gasteiger partial charge in [0, 0.05) is 41.2 Å². The van der Waals surface area contributed by atoms with Crippen molar-refractivity contribution in [1.82, 2.24) is 38.7 Å². The molecule has 0 saturated heterocycles. The van der Waals surface area contributed by atoms with Crippen LogP contribution in [0.1, 0.15) is 17.0 Å². The Kier molecular flexibility index (Phi) is 10.2. The van der Waals surface area contributed by atoms with E-state index in [1.807, 2.05) is 0 Å². The maximum absolute atomic E-state index is 13.5. The van der Waals surface area contributed by atoms with Gasteiger partial charge in [-0.2, -0.15) is 39.5 Å². The van der Waals surface area contributed by atoms with Crippen LogP contribution in [-0.4, -0.2) is 38.7 Å². The lowest BCUT2D eigenvalue weighted by atomic mass is 10.2. The quantitative estimate of drug-likeness (QED) is 0.160. The van der Waals surface area contributed by atoms with Crippen molar-refractivity contribution in [2.24, 2.45) is 0 Å². The van der Waals surface area contributed by atoms with Crippen LogP contribution in [0.3, 0.4) is 0 Å². The van der Waals surface area contributed by atoms with Crippen LogP contribution < -0.4 is 10.6 Å². The molecule has 10 nitrogen and oxygen atoms in total. The van der Waals surface area contributed by atoms with E-state index >= 15 is 0 Å². The van der Waals surface area contributed by atoms with E-state index in [2.05, 4.69) is 40.5 Å². The molecule has 20 heteroatoms. The third-order valence-electron chi connectivity index (χ3n) is 7.93. The fourth-order valence-electron chi connectivity index (χ4n) is 5.47. The van der Waals surface area contributed by atoms with Crippen LogP contribution in [0.25, 0.3) is 34.3 Å². The number of fused-ring (bicyclic) bond motifs is 2. The topological polar surface area (TPSA) is 110 Å². The Bertz CT molecular complexity index is 2670. The van der Waals surface area contributed by atoms with Gasteiger partial charge in [0.05, 0.1) is 5.56 Å². The van der Waals surface area contributed by atoms with Crippen LogP contribution in [0.4, 0.5) is 62.5 Å². The largest absolute Gasteiger partial charge is 0.435 e. The molecule has 0 aliphatic rings. The van der Waals surface area contributed by atoms with Crippen molar-refractivity contribution in [3.05, 3.63) is 144 Å². The van der Waals surface area contributed by atoms with Crippen LogP contribution in [0.15, 0.2) is 122 Å². The molecule has 2 N–H and O–H groups in total. The van der Waals surface area contributed by atoms with E-state index < -0.39 is 35.5 Å². The number of aromatic nitrogens is 8. The van der Waals surface area contributed by atoms with Crippen molar-refractivity contribution in [2.45, 2.75) is 18.5 Å². The van der Waals surface area contributed by atoms with E-state index in [1.54, 1.807) is 54.6 Å². The normalized spacial score (nSPS) is 12.0. The van der Waals surface area contributed by atoms with Crippen molar-refractivity contribution in [2.75, 3.05) is 10.6 Å². The van der Waals surface area contributed by atoms with Crippen LogP contribution in [-0.2, 0) is 18.5 Å². The average molecular weight is 813 g/mol. The van der Waals surface area contributed by atoms with E-state index in [0.29, 0.717) is 16.5 Å². The first-order valence-electron chi connectivity index (χ1n) is 16.3. The lowest BCUT2D eigenvalue weighted by Gasteiger charge is -2.10. The van der Waals surface area contributed by atoms with Gasteiger partial charge in [-0.1, -0.05) is 23.7 Å². The molecule has 2 aromatic carbocycles. The first-order chi connectivity index (χ1) is 27.0. The van der Waals surface area contributed by atoms with Crippen molar-refractivity contribution >= 4 is 45.9 Å². The van der Waals surface area contributed by atoms with Gasteiger partial charge in [0.25, 0.3) is 0 Å². The summed E-state index contributed by atoms with van der Waals surface area (Å²) in [6.45, 7) is 0. The highest BCUT2D eigenvalue weighted by Crippen LogP contribution is 2.38. The minimum absolute atomic E-state index is 0.0736. The van der Waals surface area contributed by atoms with E-state index in [9.17, 15) is 39.5 Å². The molecule has 290 valence electrons. The van der Waals surface area contributed by atoms with Gasteiger partial charge in [0.15, 0.2) is 23.0 Å². The zero-order valence-electron chi connectivity index (χ0n) is 28.4. The molecule has 0 saturated carbocycles. The maximum atomic E-state index is 13.5. The molecule has 0 aliphatic heterocycles. The minimum atomic E-state index is -4.73. The summed E-state index contributed by atoms with van der Waals surface area (Å²) in [5.74, 6) is 0.137. The van der Waals surface area contributed by atoms with Crippen LogP contribution in [0.2, 0.25) is 5.02 Å². The van der Waals surface area contributed by atoms with Crippen molar-refractivity contribution < 1.29 is 39.5 Å². The first-order valence-corrected chi connectivity index (χ1v) is 16.6. The van der Waals surface area contributed by atoms with Gasteiger partial charge in [-0.3, -0.25) is 8.80 Å². The first kappa shape index (κ1) is 38.5. The van der Waals surface area contributed by atoms with Gasteiger partial charge in [-0.25, -0.2) is 29.9 Å². The van der Waals surface area contributed by atoms with E-state index in [4.69, 9.17) is 11.6 Å². The molecule has 0 amide bonds. The Morgan fingerprint density at radius 2 is 0.895 bits per heavy atom. The van der Waals surface area contributed by atoms with E-state index in [0.717, 1.165) is 12.1 Å². The zero-order chi connectivity index (χ0) is 40.5. The summed E-state index contributed by atoms with van der Waals surface area (Å²) in [5.41, 5.74) is -2.33. The standard InChI is InChI=1S/C19H11F6N5.C18H11ClF3N5/c20-18(21,22)11-4-6-12(7-5-11)27-13-8-9-26-17(28-13)15-16(19(23,24)25)29-14-3-1-2-10-30(14)15;19-11-4-6-12(7-5-11)24-13-8-9-23-17(25-13)15-16(18(20,21)22)26-14-3-1-2-10-27(14)15/h1-10H,(H,26,27,28);1-10H,(H,23,24,25). The number of anilines is 4. The molecule has 0 aliphatic carbocycles. The summed E-state index contributed by atoms with van der Waals surface area (Å²) in [6, 6.07) is 23.2. The summed E-state index contributed by atoms with van der Waals surface area (Å²) >= 11 is 5.85. The third-order valence-corrected chi connectivity index (χ3v) is 8.18. The SMILES string of the molecule is FC(F)(F)c1ccc(Nc2ccnc(-c3c(C(F)(F)F)nc4ccccn34)n2)cc1.FC(F)(F)c1nc2ccccn2c1-c1nccc(Nc2ccc(Cl)cc2)n1. The number of nitrogens with zero attached hydrogens (tertiary/aromatic N) is 8. The highest BCUT2D eigenvalue weighted by molar-refractivity contribution is 6.30. The van der Waals surface area contributed by atoms with Crippen molar-refractivity contribution in [3.63, 3.8) is 0 Å². The van der Waals surface area contributed by atoms with Gasteiger partial charge in [0.1, 0.15) is 34.3 Å². The molecule has 0 spiro atoms. The fraction of sp³-hybridized carbons (Fsp3) is 0.0811. The molecular weight excluding hydrogens is 791 g/mol. The summed E-state index contributed by atoms with van der Waals surface area (Å²) in [6.07, 6.45) is -8.30. The molecule has 0 fully saturated rings. The highest BCUT2D eigenvalue weighted by Gasteiger charge is 2.40. The number of benzene rings is 2. The lowest BCUT2D eigenvalue weighted by molar-refractivity contribution is -0.141. The smallest absolute Gasteiger partial charge is 0.340 e. The predicted molar refractivity (Wildman–Crippen MR) is 192 cm³/mol. The summed E-state index contributed by atoms with van der Waals surface area (Å²) < 4.78 is 122. The van der Waals surface area contributed by atoms with Gasteiger partial charge in [-0.15, -0.1) is 0 Å². The number of alkyl halides is 9. The van der Waals surface area contributed by atoms with Gasteiger partial charge < -0.3 is 10.6 Å². The van der Waals surface area contributed by atoms with Crippen molar-refractivity contribution in [1.29, 1.82) is 0 Å². The average Bonchev–Trinajstić information content (AvgIpc) is 3.77. The Hall–Kier alpha value is -6.76. The predicted octanol–water partition coefficient (Wildman–Crippen LogP) is 10.8. The third kappa shape index (κ3) is 8.57. The Morgan fingerprint density at radius 3 is 1.30 bits per heavy atom. The molecule has 6 aromatic heterocycles. The van der Waals surface area contributed by atoms with Crippen LogP contribution >= 0.6 is 11.6 Å². The number of hydrogen-bond donors (Lipinski definition) is 2. The molecule has 0 bridgehead atoms. The Labute approximate surface area is 319 Å². The molecule has 0 unspecified atom stereocenters. The van der Waals surface area contributed by atoms with Crippen LogP contribution in [0, 0.1) is 0 Å². The van der Waals surface area contributed by atoms with Gasteiger partial charge >= 0.3 is 18.5 Å². The summed E-state index contributed by atoms with van der Waals surface area (Å²) in [7, 11) is 0. The monoisotopic (exact) mass is 812 g/mol. The summed E-state index contributed by atoms with van der Waals surface area (Å²) in [4.78, 5) is 23.6. The lowest BCUT2D eigenvalue weighted by Crippen LogP contribution is -2.09. The minimum Gasteiger partial charge on any atom is -0.340 e. The number of imidazole rings is 2.